The van der Waals surface area contributed by atoms with Crippen molar-refractivity contribution in [2.75, 3.05) is 6.54 Å². The third-order valence-corrected chi connectivity index (χ3v) is 6.66. The molecule has 2 aliphatic rings. The Balaban J connectivity index is 1.52. The van der Waals surface area contributed by atoms with Gasteiger partial charge >= 0.3 is 6.09 Å². The number of fused-ring (bicyclic) bond motifs is 1. The van der Waals surface area contributed by atoms with Crippen LogP contribution in [0.5, 0.6) is 5.75 Å². The van der Waals surface area contributed by atoms with E-state index in [1.807, 2.05) is 12.1 Å². The minimum atomic E-state index is -1.05. The quantitative estimate of drug-likeness (QED) is 0.580. The number of phenolic OH excluding ortho intramolecular Hbond substituents is 1. The molecule has 0 aromatic heterocycles. The molecule has 1 fully saturated rings. The molecule has 0 saturated carbocycles. The van der Waals surface area contributed by atoms with Crippen LogP contribution in [0.2, 0.25) is 0 Å². The van der Waals surface area contributed by atoms with E-state index in [1.165, 1.54) is 17.7 Å². The van der Waals surface area contributed by atoms with Gasteiger partial charge in [-0.3, -0.25) is 9.59 Å². The number of nitrogens with zero attached hydrogens (tertiary/aromatic N) is 1. The van der Waals surface area contributed by atoms with Gasteiger partial charge in [-0.1, -0.05) is 36.4 Å². The van der Waals surface area contributed by atoms with Crippen molar-refractivity contribution in [3.8, 4) is 5.75 Å². The number of phenols is 1. The number of ether oxygens (including phenoxy) is 1. The molecule has 1 heterocycles. The molecule has 3 amide bonds. The third-order valence-electron chi connectivity index (χ3n) is 6.66. The Bertz CT molecular complexity index is 1110. The lowest BCUT2D eigenvalue weighted by Gasteiger charge is -2.32. The summed E-state index contributed by atoms with van der Waals surface area (Å²) in [5.41, 5.74) is 2.15. The maximum absolute atomic E-state index is 13.8. The van der Waals surface area contributed by atoms with Crippen LogP contribution in [0.4, 0.5) is 4.79 Å². The van der Waals surface area contributed by atoms with E-state index in [2.05, 4.69) is 22.8 Å². The molecular weight excluding hydrogens is 458 g/mol. The van der Waals surface area contributed by atoms with Gasteiger partial charge in [-0.2, -0.15) is 0 Å². The number of benzene rings is 2. The van der Waals surface area contributed by atoms with E-state index < -0.39 is 23.8 Å². The standard InChI is InChI=1S/C28H35N3O5/c1-28(2,3)36-27(35)30-24(19-13-15-20(32)16-14-19)26(34)31-17-7-12-23(31)25(33)29-22-11-6-9-18-8-4-5-10-21(18)22/h4-5,8,10,13-16,22-24,32H,6-7,9,11-12,17H2,1-3H3,(H,29,33)(H,30,35)/t22-,23+,24+/m1/s1. The average molecular weight is 494 g/mol. The molecule has 8 heteroatoms. The first-order valence-electron chi connectivity index (χ1n) is 12.6. The van der Waals surface area contributed by atoms with Crippen LogP contribution in [0, 0.1) is 0 Å². The summed E-state index contributed by atoms with van der Waals surface area (Å²) in [5, 5.41) is 15.6. The fraction of sp³-hybridized carbons (Fsp3) is 0.464. The molecular formula is C28H35N3O5. The van der Waals surface area contributed by atoms with Crippen molar-refractivity contribution in [3.05, 3.63) is 65.2 Å². The van der Waals surface area contributed by atoms with E-state index >= 15 is 0 Å². The summed E-state index contributed by atoms with van der Waals surface area (Å²) in [6.07, 6.45) is 3.38. The number of aromatic hydroxyl groups is 1. The van der Waals surface area contributed by atoms with Gasteiger partial charge in [-0.05, 0) is 81.7 Å². The van der Waals surface area contributed by atoms with E-state index in [1.54, 1.807) is 37.8 Å². The van der Waals surface area contributed by atoms with Crippen LogP contribution in [-0.4, -0.2) is 46.1 Å². The second-order valence-electron chi connectivity index (χ2n) is 10.5. The summed E-state index contributed by atoms with van der Waals surface area (Å²) in [7, 11) is 0. The first kappa shape index (κ1) is 25.5. The number of amides is 3. The molecule has 3 N–H and O–H groups in total. The average Bonchev–Trinajstić information content (AvgIpc) is 3.32. The second-order valence-corrected chi connectivity index (χ2v) is 10.5. The molecule has 0 spiro atoms. The number of nitrogens with one attached hydrogen (secondary N) is 2. The van der Waals surface area contributed by atoms with Gasteiger partial charge in [-0.25, -0.2) is 4.79 Å². The molecule has 1 saturated heterocycles. The van der Waals surface area contributed by atoms with Crippen LogP contribution < -0.4 is 10.6 Å². The Hall–Kier alpha value is -3.55. The lowest BCUT2D eigenvalue weighted by Crippen LogP contribution is -2.51. The van der Waals surface area contributed by atoms with Crippen LogP contribution in [0.15, 0.2) is 48.5 Å². The zero-order valence-electron chi connectivity index (χ0n) is 21.1. The van der Waals surface area contributed by atoms with Crippen LogP contribution in [0.25, 0.3) is 0 Å². The largest absolute Gasteiger partial charge is 0.508 e. The molecule has 2 aromatic rings. The molecule has 192 valence electrons. The molecule has 0 bridgehead atoms. The molecule has 0 unspecified atom stereocenters. The summed E-state index contributed by atoms with van der Waals surface area (Å²) in [6.45, 7) is 5.65. The first-order valence-corrected chi connectivity index (χ1v) is 12.6. The normalized spacial score (nSPS) is 20.2. The fourth-order valence-corrected chi connectivity index (χ4v) is 5.02. The Morgan fingerprint density at radius 3 is 2.47 bits per heavy atom. The highest BCUT2D eigenvalue weighted by Gasteiger charge is 2.39. The maximum Gasteiger partial charge on any atom is 0.408 e. The highest BCUT2D eigenvalue weighted by atomic mass is 16.6. The van der Waals surface area contributed by atoms with E-state index in [9.17, 15) is 19.5 Å². The van der Waals surface area contributed by atoms with Gasteiger partial charge in [0.25, 0.3) is 5.91 Å². The zero-order valence-corrected chi connectivity index (χ0v) is 21.1. The highest BCUT2D eigenvalue weighted by molar-refractivity contribution is 5.92. The molecule has 2 aromatic carbocycles. The van der Waals surface area contributed by atoms with Gasteiger partial charge in [0.15, 0.2) is 0 Å². The van der Waals surface area contributed by atoms with E-state index in [-0.39, 0.29) is 23.6 Å². The van der Waals surface area contributed by atoms with Crippen molar-refractivity contribution in [2.24, 2.45) is 0 Å². The van der Waals surface area contributed by atoms with Crippen molar-refractivity contribution < 1.29 is 24.2 Å². The maximum atomic E-state index is 13.8. The molecule has 1 aliphatic carbocycles. The highest BCUT2D eigenvalue weighted by Crippen LogP contribution is 2.31. The van der Waals surface area contributed by atoms with E-state index in [0.717, 1.165) is 24.8 Å². The Labute approximate surface area is 212 Å². The van der Waals surface area contributed by atoms with Crippen molar-refractivity contribution in [1.29, 1.82) is 0 Å². The molecule has 0 radical (unpaired) electrons. The van der Waals surface area contributed by atoms with Crippen LogP contribution in [-0.2, 0) is 20.7 Å². The summed E-state index contributed by atoms with van der Waals surface area (Å²) in [4.78, 5) is 41.3. The van der Waals surface area contributed by atoms with Crippen LogP contribution in [0.3, 0.4) is 0 Å². The predicted molar refractivity (Wildman–Crippen MR) is 135 cm³/mol. The first-order chi connectivity index (χ1) is 17.1. The third kappa shape index (κ3) is 5.98. The van der Waals surface area contributed by atoms with Gasteiger partial charge in [0.1, 0.15) is 23.4 Å². The number of hydrogen-bond donors (Lipinski definition) is 3. The number of aryl methyl sites for hydroxylation is 1. The van der Waals surface area contributed by atoms with E-state index in [4.69, 9.17) is 4.74 Å². The topological polar surface area (TPSA) is 108 Å². The summed E-state index contributed by atoms with van der Waals surface area (Å²) >= 11 is 0. The molecule has 8 nitrogen and oxygen atoms in total. The minimum absolute atomic E-state index is 0.0495. The van der Waals surface area contributed by atoms with Crippen molar-refractivity contribution in [3.63, 3.8) is 0 Å². The number of alkyl carbamates (subject to hydrolysis) is 1. The SMILES string of the molecule is CC(C)(C)OC(=O)N[C@H](C(=O)N1CCC[C@H]1C(=O)N[C@@H]1CCCc2ccccc21)c1ccc(O)cc1. The minimum Gasteiger partial charge on any atom is -0.508 e. The number of carbonyl (C=O) groups excluding carboxylic acids is 3. The summed E-state index contributed by atoms with van der Waals surface area (Å²) in [6, 6.07) is 12.5. The monoisotopic (exact) mass is 493 g/mol. The number of likely N-dealkylation sites (tertiary alicyclic amines) is 1. The van der Waals surface area contributed by atoms with Gasteiger partial charge in [0.2, 0.25) is 5.91 Å². The molecule has 4 rings (SSSR count). The second kappa shape index (κ2) is 10.6. The van der Waals surface area contributed by atoms with Crippen LogP contribution in [0.1, 0.15) is 75.2 Å². The number of hydrogen-bond acceptors (Lipinski definition) is 5. The molecule has 1 aliphatic heterocycles. The number of carbonyl (C=O) groups is 3. The predicted octanol–water partition coefficient (Wildman–Crippen LogP) is 4.14. The summed E-state index contributed by atoms with van der Waals surface area (Å²) in [5.74, 6) is -0.508. The Kier molecular flexibility index (Phi) is 7.52. The smallest absolute Gasteiger partial charge is 0.408 e. The van der Waals surface area contributed by atoms with Gasteiger partial charge < -0.3 is 25.4 Å². The van der Waals surface area contributed by atoms with Crippen LogP contribution >= 0.6 is 0 Å². The fourth-order valence-electron chi connectivity index (χ4n) is 5.02. The van der Waals surface area contributed by atoms with E-state index in [0.29, 0.717) is 24.9 Å². The Morgan fingerprint density at radius 1 is 1.03 bits per heavy atom. The van der Waals surface area contributed by atoms with Gasteiger partial charge in [-0.15, -0.1) is 0 Å². The summed E-state index contributed by atoms with van der Waals surface area (Å²) < 4.78 is 5.38. The van der Waals surface area contributed by atoms with Crippen molar-refractivity contribution >= 4 is 17.9 Å². The molecule has 36 heavy (non-hydrogen) atoms. The lowest BCUT2D eigenvalue weighted by molar-refractivity contribution is -0.140. The Morgan fingerprint density at radius 2 is 1.75 bits per heavy atom. The van der Waals surface area contributed by atoms with Crippen molar-refractivity contribution in [1.82, 2.24) is 15.5 Å². The number of rotatable bonds is 5. The van der Waals surface area contributed by atoms with Gasteiger partial charge in [0.05, 0.1) is 6.04 Å². The lowest BCUT2D eigenvalue weighted by atomic mass is 9.87. The zero-order chi connectivity index (χ0) is 25.9. The van der Waals surface area contributed by atoms with Crippen molar-refractivity contribution in [2.45, 2.75) is 76.6 Å². The van der Waals surface area contributed by atoms with Gasteiger partial charge in [0, 0.05) is 6.54 Å². The molecule has 3 atom stereocenters.